The number of thiophene rings is 1. The Morgan fingerprint density at radius 2 is 1.88 bits per heavy atom. The summed E-state index contributed by atoms with van der Waals surface area (Å²) in [5.74, 6) is 0.972. The molecule has 6 nitrogen and oxygen atoms in total. The lowest BCUT2D eigenvalue weighted by Crippen LogP contribution is -2.20. The molecule has 3 heterocycles. The molecule has 0 saturated carbocycles. The van der Waals surface area contributed by atoms with Gasteiger partial charge in [-0.1, -0.05) is 20.8 Å². The topological polar surface area (TPSA) is 75.2 Å². The lowest BCUT2D eigenvalue weighted by atomic mass is 9.95. The highest BCUT2D eigenvalue weighted by atomic mass is 32.2. The minimum atomic E-state index is -3.65. The maximum absolute atomic E-state index is 12.6. The summed E-state index contributed by atoms with van der Waals surface area (Å²) in [4.78, 5) is 11.7. The van der Waals surface area contributed by atoms with Gasteiger partial charge in [-0.25, -0.2) is 13.4 Å². The molecule has 0 aliphatic carbocycles. The summed E-state index contributed by atoms with van der Waals surface area (Å²) < 4.78 is 28.0. The molecule has 1 fully saturated rings. The number of hydrogen-bond acceptors (Lipinski definition) is 6. The van der Waals surface area contributed by atoms with Crippen LogP contribution >= 0.6 is 11.3 Å². The minimum absolute atomic E-state index is 0.0755. The van der Waals surface area contributed by atoms with Crippen LogP contribution in [0.2, 0.25) is 0 Å². The van der Waals surface area contributed by atoms with Gasteiger partial charge >= 0.3 is 0 Å². The zero-order valence-electron chi connectivity index (χ0n) is 14.1. The van der Waals surface area contributed by atoms with Crippen LogP contribution in [0.25, 0.3) is 0 Å². The van der Waals surface area contributed by atoms with Gasteiger partial charge in [-0.2, -0.15) is 0 Å². The predicted molar refractivity (Wildman–Crippen MR) is 97.3 cm³/mol. The molecule has 0 atom stereocenters. The molecule has 24 heavy (non-hydrogen) atoms. The van der Waals surface area contributed by atoms with Gasteiger partial charge in [-0.3, -0.25) is 9.71 Å². The highest BCUT2D eigenvalue weighted by molar-refractivity contribution is 7.94. The van der Waals surface area contributed by atoms with Crippen LogP contribution in [0, 0.1) is 0 Å². The summed E-state index contributed by atoms with van der Waals surface area (Å²) in [7, 11) is -3.65. The smallest absolute Gasteiger partial charge is 0.272 e. The van der Waals surface area contributed by atoms with Gasteiger partial charge in [-0.05, 0) is 30.4 Å². The maximum Gasteiger partial charge on any atom is 0.272 e. The molecule has 130 valence electrons. The molecule has 0 bridgehead atoms. The van der Waals surface area contributed by atoms with Crippen molar-refractivity contribution in [1.82, 2.24) is 9.97 Å². The Hall–Kier alpha value is -1.67. The van der Waals surface area contributed by atoms with E-state index < -0.39 is 10.0 Å². The average molecular weight is 367 g/mol. The second kappa shape index (κ2) is 6.33. The summed E-state index contributed by atoms with van der Waals surface area (Å²) in [5.41, 5.74) is -0.0755. The molecule has 1 aliphatic rings. The number of nitrogens with one attached hydrogen (secondary N) is 1. The van der Waals surface area contributed by atoms with Crippen molar-refractivity contribution in [1.29, 1.82) is 0 Å². The summed E-state index contributed by atoms with van der Waals surface area (Å²) in [5, 5.41) is 0. The molecule has 0 spiro atoms. The maximum atomic E-state index is 12.6. The monoisotopic (exact) mass is 366 g/mol. The molecule has 1 saturated heterocycles. The lowest BCUT2D eigenvalue weighted by molar-refractivity contribution is 0.603. The molecule has 1 N–H and O–H groups in total. The van der Waals surface area contributed by atoms with Crippen molar-refractivity contribution in [2.75, 3.05) is 22.7 Å². The standard InChI is InChI=1S/C16H22N4O2S2/c1-16(2,3)12-6-7-15(23-12)24(21,22)19-13-10-17-11-14(18-13)20-8-4-5-9-20/h6-7,10-11H,4-5,8-9H2,1-3H3,(H,18,19). The van der Waals surface area contributed by atoms with Crippen LogP contribution in [0.4, 0.5) is 11.6 Å². The van der Waals surface area contributed by atoms with Crippen LogP contribution in [0.1, 0.15) is 38.5 Å². The summed E-state index contributed by atoms with van der Waals surface area (Å²) in [6, 6.07) is 3.51. The average Bonchev–Trinajstić information content (AvgIpc) is 3.19. The molecule has 0 aromatic carbocycles. The third-order valence-corrected chi connectivity index (χ3v) is 7.23. The molecular weight excluding hydrogens is 344 g/mol. The van der Waals surface area contributed by atoms with Gasteiger partial charge in [0, 0.05) is 18.0 Å². The molecule has 2 aromatic rings. The SMILES string of the molecule is CC(C)(C)c1ccc(S(=O)(=O)Nc2cncc(N3CCCC3)n2)s1. The van der Waals surface area contributed by atoms with E-state index in [-0.39, 0.29) is 11.2 Å². The third kappa shape index (κ3) is 3.70. The fourth-order valence-electron chi connectivity index (χ4n) is 2.56. The molecule has 1 aliphatic heterocycles. The molecule has 2 aromatic heterocycles. The van der Waals surface area contributed by atoms with Crippen molar-refractivity contribution in [3.8, 4) is 0 Å². The number of anilines is 2. The predicted octanol–water partition coefficient (Wildman–Crippen LogP) is 3.24. The van der Waals surface area contributed by atoms with Crippen LogP contribution < -0.4 is 9.62 Å². The van der Waals surface area contributed by atoms with Gasteiger partial charge in [0.15, 0.2) is 5.82 Å². The summed E-state index contributed by atoms with van der Waals surface area (Å²) in [6.07, 6.45) is 5.37. The minimum Gasteiger partial charge on any atom is -0.355 e. The number of nitrogens with zero attached hydrogens (tertiary/aromatic N) is 3. The number of hydrogen-bond donors (Lipinski definition) is 1. The first kappa shape index (κ1) is 17.2. The molecule has 0 radical (unpaired) electrons. The normalized spacial score (nSPS) is 15.7. The van der Waals surface area contributed by atoms with Gasteiger partial charge in [0.2, 0.25) is 0 Å². The van der Waals surface area contributed by atoms with Crippen LogP contribution in [0.5, 0.6) is 0 Å². The Balaban J connectivity index is 1.82. The fraction of sp³-hybridized carbons (Fsp3) is 0.500. The van der Waals surface area contributed by atoms with E-state index in [1.165, 1.54) is 17.5 Å². The Labute approximate surface area is 147 Å². The second-order valence-corrected chi connectivity index (χ2v) is 9.92. The second-order valence-electron chi connectivity index (χ2n) is 6.93. The van der Waals surface area contributed by atoms with Gasteiger partial charge in [0.05, 0.1) is 12.4 Å². The molecule has 0 amide bonds. The van der Waals surface area contributed by atoms with E-state index in [2.05, 4.69) is 40.4 Å². The first-order valence-corrected chi connectivity index (χ1v) is 10.3. The van der Waals surface area contributed by atoms with E-state index in [0.29, 0.717) is 10.0 Å². The van der Waals surface area contributed by atoms with Crippen molar-refractivity contribution in [3.05, 3.63) is 29.4 Å². The first-order valence-electron chi connectivity index (χ1n) is 7.96. The molecule has 0 unspecified atom stereocenters. The van der Waals surface area contributed by atoms with Crippen LogP contribution in [0.3, 0.4) is 0 Å². The van der Waals surface area contributed by atoms with Crippen molar-refractivity contribution in [3.63, 3.8) is 0 Å². The van der Waals surface area contributed by atoms with Gasteiger partial charge in [0.1, 0.15) is 10.0 Å². The third-order valence-electron chi connectivity index (χ3n) is 3.88. The number of sulfonamides is 1. The Kier molecular flexibility index (Phi) is 4.52. The Morgan fingerprint density at radius 1 is 1.17 bits per heavy atom. The fourth-order valence-corrected chi connectivity index (χ4v) is 4.91. The van der Waals surface area contributed by atoms with Crippen LogP contribution in [-0.2, 0) is 15.4 Å². The van der Waals surface area contributed by atoms with Crippen molar-refractivity contribution in [2.24, 2.45) is 0 Å². The van der Waals surface area contributed by atoms with Crippen molar-refractivity contribution in [2.45, 2.75) is 43.2 Å². The van der Waals surface area contributed by atoms with E-state index in [9.17, 15) is 8.42 Å². The van der Waals surface area contributed by atoms with E-state index in [1.807, 2.05) is 6.07 Å². The largest absolute Gasteiger partial charge is 0.355 e. The van der Waals surface area contributed by atoms with Gasteiger partial charge in [-0.15, -0.1) is 11.3 Å². The Morgan fingerprint density at radius 3 is 2.50 bits per heavy atom. The Bertz CT molecular complexity index is 819. The number of rotatable bonds is 4. The quantitative estimate of drug-likeness (QED) is 0.899. The molecule has 3 rings (SSSR count). The molecule has 8 heteroatoms. The zero-order valence-corrected chi connectivity index (χ0v) is 15.7. The highest BCUT2D eigenvalue weighted by Crippen LogP contribution is 2.32. The van der Waals surface area contributed by atoms with Gasteiger partial charge in [0.25, 0.3) is 10.0 Å². The van der Waals surface area contributed by atoms with E-state index in [4.69, 9.17) is 0 Å². The van der Waals surface area contributed by atoms with Crippen LogP contribution in [0.15, 0.2) is 28.7 Å². The van der Waals surface area contributed by atoms with Crippen LogP contribution in [-0.4, -0.2) is 31.5 Å². The van der Waals surface area contributed by atoms with Gasteiger partial charge < -0.3 is 4.90 Å². The van der Waals surface area contributed by atoms with E-state index >= 15 is 0 Å². The first-order chi connectivity index (χ1) is 11.3. The number of aromatic nitrogens is 2. The lowest BCUT2D eigenvalue weighted by Gasteiger charge is -2.16. The summed E-state index contributed by atoms with van der Waals surface area (Å²) >= 11 is 1.29. The zero-order chi connectivity index (χ0) is 17.4. The van der Waals surface area contributed by atoms with E-state index in [1.54, 1.807) is 12.3 Å². The van der Waals surface area contributed by atoms with Crippen molar-refractivity contribution < 1.29 is 8.42 Å². The van der Waals surface area contributed by atoms with E-state index in [0.717, 1.165) is 30.8 Å². The summed E-state index contributed by atoms with van der Waals surface area (Å²) in [6.45, 7) is 8.06. The molecular formula is C16H22N4O2S2. The highest BCUT2D eigenvalue weighted by Gasteiger charge is 2.23. The van der Waals surface area contributed by atoms with Crippen molar-refractivity contribution >= 4 is 33.0 Å².